The fourth-order valence-corrected chi connectivity index (χ4v) is 4.35. The second-order valence-corrected chi connectivity index (χ2v) is 7.81. The fourth-order valence-electron chi connectivity index (χ4n) is 3.40. The third-order valence-corrected chi connectivity index (χ3v) is 5.75. The topological polar surface area (TPSA) is 128 Å². The van der Waals surface area contributed by atoms with E-state index in [-0.39, 0.29) is 35.2 Å². The van der Waals surface area contributed by atoms with Gasteiger partial charge in [0.25, 0.3) is 11.6 Å². The van der Waals surface area contributed by atoms with Gasteiger partial charge in [0.2, 0.25) is 5.91 Å². The van der Waals surface area contributed by atoms with Crippen molar-refractivity contribution in [1.29, 1.82) is 0 Å². The molecule has 0 atom stereocenters. The molecule has 10 heteroatoms. The molecule has 0 aliphatic carbocycles. The van der Waals surface area contributed by atoms with E-state index in [4.69, 9.17) is 4.74 Å². The van der Waals surface area contributed by atoms with Crippen molar-refractivity contribution in [3.63, 3.8) is 0 Å². The summed E-state index contributed by atoms with van der Waals surface area (Å²) in [4.78, 5) is 47.8. The molecule has 32 heavy (non-hydrogen) atoms. The van der Waals surface area contributed by atoms with E-state index in [1.54, 1.807) is 36.6 Å². The van der Waals surface area contributed by atoms with Gasteiger partial charge in [0, 0.05) is 34.3 Å². The van der Waals surface area contributed by atoms with Crippen molar-refractivity contribution in [2.24, 2.45) is 0 Å². The number of nitrogens with one attached hydrogen (secondary N) is 2. The van der Waals surface area contributed by atoms with E-state index in [1.807, 2.05) is 0 Å². The van der Waals surface area contributed by atoms with Gasteiger partial charge in [-0.1, -0.05) is 12.1 Å². The predicted molar refractivity (Wildman–Crippen MR) is 119 cm³/mol. The number of ether oxygens (including phenoxy) is 1. The van der Waals surface area contributed by atoms with Crippen LogP contribution in [-0.2, 0) is 16.0 Å². The first-order valence-corrected chi connectivity index (χ1v) is 10.5. The first-order valence-electron chi connectivity index (χ1n) is 9.65. The predicted octanol–water partition coefficient (Wildman–Crippen LogP) is 4.25. The van der Waals surface area contributed by atoms with E-state index >= 15 is 0 Å². The van der Waals surface area contributed by atoms with Crippen molar-refractivity contribution in [2.45, 2.75) is 13.3 Å². The Hall–Kier alpha value is -4.05. The van der Waals surface area contributed by atoms with Crippen molar-refractivity contribution < 1.29 is 24.0 Å². The molecule has 2 heterocycles. The van der Waals surface area contributed by atoms with E-state index in [0.29, 0.717) is 22.4 Å². The van der Waals surface area contributed by atoms with Gasteiger partial charge >= 0.3 is 5.97 Å². The van der Waals surface area contributed by atoms with E-state index in [9.17, 15) is 24.5 Å². The number of non-ortho nitro benzene ring substituents is 1. The summed E-state index contributed by atoms with van der Waals surface area (Å²) in [5.41, 5.74) is 2.62. The van der Waals surface area contributed by atoms with Crippen LogP contribution in [0.15, 0.2) is 47.8 Å². The van der Waals surface area contributed by atoms with Crippen molar-refractivity contribution in [1.82, 2.24) is 0 Å². The Morgan fingerprint density at radius 1 is 1.25 bits per heavy atom. The Bertz CT molecular complexity index is 1270. The molecule has 2 N–H and O–H groups in total. The van der Waals surface area contributed by atoms with Crippen LogP contribution in [0.1, 0.15) is 33.2 Å². The van der Waals surface area contributed by atoms with Crippen LogP contribution >= 0.6 is 11.3 Å². The summed E-state index contributed by atoms with van der Waals surface area (Å²) in [7, 11) is 0. The molecular formula is C22H17N3O6S. The molecule has 4 rings (SSSR count). The third kappa shape index (κ3) is 4.08. The molecule has 0 radical (unpaired) electrons. The number of amides is 2. The Balaban J connectivity index is 1.69. The molecule has 1 aliphatic rings. The maximum atomic E-state index is 12.9. The molecule has 1 aliphatic heterocycles. The first kappa shape index (κ1) is 21.2. The van der Waals surface area contributed by atoms with E-state index in [1.165, 1.54) is 18.2 Å². The highest BCUT2D eigenvalue weighted by molar-refractivity contribution is 7.15. The van der Waals surface area contributed by atoms with Crippen LogP contribution in [0.5, 0.6) is 0 Å². The number of esters is 1. The number of hydrogen-bond acceptors (Lipinski definition) is 7. The highest BCUT2D eigenvalue weighted by atomic mass is 32.1. The molecule has 1 aromatic heterocycles. The maximum Gasteiger partial charge on any atom is 0.341 e. The number of thiophene rings is 1. The van der Waals surface area contributed by atoms with Crippen LogP contribution in [0.2, 0.25) is 0 Å². The van der Waals surface area contributed by atoms with Gasteiger partial charge < -0.3 is 15.4 Å². The van der Waals surface area contributed by atoms with E-state index in [2.05, 4.69) is 10.6 Å². The van der Waals surface area contributed by atoms with Gasteiger partial charge in [0.1, 0.15) is 10.6 Å². The minimum atomic E-state index is -0.644. The Kier molecular flexibility index (Phi) is 5.69. The molecule has 0 spiro atoms. The van der Waals surface area contributed by atoms with Gasteiger partial charge in [-0.25, -0.2) is 4.79 Å². The van der Waals surface area contributed by atoms with Crippen LogP contribution < -0.4 is 10.6 Å². The quantitative estimate of drug-likeness (QED) is 0.328. The zero-order valence-corrected chi connectivity index (χ0v) is 17.7. The summed E-state index contributed by atoms with van der Waals surface area (Å²) in [6, 6.07) is 10.8. The average molecular weight is 451 g/mol. The third-order valence-electron chi connectivity index (χ3n) is 4.86. The van der Waals surface area contributed by atoms with Gasteiger partial charge in [-0.15, -0.1) is 11.3 Å². The zero-order valence-electron chi connectivity index (χ0n) is 16.8. The van der Waals surface area contributed by atoms with Crippen LogP contribution in [0.4, 0.5) is 16.4 Å². The minimum absolute atomic E-state index is 0.115. The second kappa shape index (κ2) is 8.60. The zero-order chi connectivity index (χ0) is 22.8. The van der Waals surface area contributed by atoms with Gasteiger partial charge in [-0.3, -0.25) is 19.7 Å². The number of rotatable bonds is 6. The number of fused-ring (bicyclic) bond motifs is 1. The minimum Gasteiger partial charge on any atom is -0.462 e. The second-order valence-electron chi connectivity index (χ2n) is 6.93. The monoisotopic (exact) mass is 451 g/mol. The normalized spacial score (nSPS) is 12.1. The number of nitrogens with zero attached hydrogens (tertiary/aromatic N) is 1. The number of carbonyl (C=O) groups is 3. The summed E-state index contributed by atoms with van der Waals surface area (Å²) in [6.07, 6.45) is 0.195. The van der Waals surface area contributed by atoms with Gasteiger partial charge in [0.05, 0.1) is 18.0 Å². The van der Waals surface area contributed by atoms with Crippen LogP contribution in [-0.4, -0.2) is 29.3 Å². The van der Waals surface area contributed by atoms with Crippen LogP contribution in [0, 0.1) is 10.1 Å². The number of carbonyl (C=O) groups excluding carboxylic acids is 3. The molecule has 0 fully saturated rings. The molecule has 3 aromatic rings. The van der Waals surface area contributed by atoms with Crippen molar-refractivity contribution in [3.05, 3.63) is 74.6 Å². The molecule has 2 amide bonds. The summed E-state index contributed by atoms with van der Waals surface area (Å²) < 4.78 is 5.16. The van der Waals surface area contributed by atoms with Crippen LogP contribution in [0.25, 0.3) is 11.1 Å². The lowest BCUT2D eigenvalue weighted by atomic mass is 10.0. The molecule has 0 bridgehead atoms. The average Bonchev–Trinajstić information content (AvgIpc) is 3.35. The number of nitro benzene ring substituents is 1. The fraction of sp³-hybridized carbons (Fsp3) is 0.136. The standard InChI is InChI=1S/C22H17N3O6S/c1-2-31-22(28)19-16(12-4-3-5-15(9-12)25(29)30)11-32-21(19)24-20(27)13-6-7-17-14(8-13)10-18(26)23-17/h3-9,11H,2,10H2,1H3,(H,23,26)(H,24,27). The van der Waals surface area contributed by atoms with Crippen molar-refractivity contribution >= 4 is 45.5 Å². The molecule has 9 nitrogen and oxygen atoms in total. The lowest BCUT2D eigenvalue weighted by molar-refractivity contribution is -0.384. The van der Waals surface area contributed by atoms with Crippen molar-refractivity contribution in [3.8, 4) is 11.1 Å². The lowest BCUT2D eigenvalue weighted by Gasteiger charge is -2.09. The highest BCUT2D eigenvalue weighted by Crippen LogP contribution is 2.37. The van der Waals surface area contributed by atoms with E-state index in [0.717, 1.165) is 16.9 Å². The molecule has 0 unspecified atom stereocenters. The number of benzene rings is 2. The van der Waals surface area contributed by atoms with Gasteiger partial charge in [-0.2, -0.15) is 0 Å². The molecular weight excluding hydrogens is 434 g/mol. The van der Waals surface area contributed by atoms with Crippen molar-refractivity contribution in [2.75, 3.05) is 17.2 Å². The Labute approximate surface area is 186 Å². The number of hydrogen-bond donors (Lipinski definition) is 2. The Morgan fingerprint density at radius 2 is 2.06 bits per heavy atom. The smallest absolute Gasteiger partial charge is 0.341 e. The lowest BCUT2D eigenvalue weighted by Crippen LogP contribution is -2.15. The summed E-state index contributed by atoms with van der Waals surface area (Å²) in [5.74, 6) is -1.23. The molecule has 0 saturated carbocycles. The SMILES string of the molecule is CCOC(=O)c1c(-c2cccc([N+](=O)[O-])c2)csc1NC(=O)c1ccc2c(c1)CC(=O)N2. The Morgan fingerprint density at radius 3 is 2.81 bits per heavy atom. The molecule has 2 aromatic carbocycles. The summed E-state index contributed by atoms with van der Waals surface area (Å²) >= 11 is 1.12. The van der Waals surface area contributed by atoms with Gasteiger partial charge in [0.15, 0.2) is 0 Å². The number of nitro groups is 1. The molecule has 162 valence electrons. The summed E-state index contributed by atoms with van der Waals surface area (Å²) in [5, 5.41) is 18.5. The summed E-state index contributed by atoms with van der Waals surface area (Å²) in [6.45, 7) is 1.79. The largest absolute Gasteiger partial charge is 0.462 e. The maximum absolute atomic E-state index is 12.9. The van der Waals surface area contributed by atoms with Gasteiger partial charge in [-0.05, 0) is 36.2 Å². The van der Waals surface area contributed by atoms with E-state index < -0.39 is 16.8 Å². The molecule has 0 saturated heterocycles. The van der Waals surface area contributed by atoms with Crippen LogP contribution in [0.3, 0.4) is 0 Å². The first-order chi connectivity index (χ1) is 15.4. The highest BCUT2D eigenvalue weighted by Gasteiger charge is 2.25. The number of anilines is 2.